The number of nitrogens with one attached hydrogen (secondary N) is 2. The molecule has 0 unspecified atom stereocenters. The van der Waals surface area contributed by atoms with Crippen molar-refractivity contribution in [2.75, 3.05) is 33.9 Å². The van der Waals surface area contributed by atoms with Gasteiger partial charge < -0.3 is 20.1 Å². The van der Waals surface area contributed by atoms with E-state index in [9.17, 15) is 4.79 Å². The number of guanidine groups is 1. The first kappa shape index (κ1) is 19.8. The number of ether oxygens (including phenoxy) is 2. The van der Waals surface area contributed by atoms with Crippen molar-refractivity contribution in [3.8, 4) is 5.75 Å². The van der Waals surface area contributed by atoms with Gasteiger partial charge in [-0.2, -0.15) is 0 Å². The predicted octanol–water partition coefficient (Wildman–Crippen LogP) is 2.35. The average molecular weight is 335 g/mol. The predicted molar refractivity (Wildman–Crippen MR) is 96.4 cm³/mol. The van der Waals surface area contributed by atoms with Gasteiger partial charge in [0, 0.05) is 26.6 Å². The lowest BCUT2D eigenvalue weighted by Gasteiger charge is -2.12. The molecular formula is C18H29N3O3. The highest BCUT2D eigenvalue weighted by Crippen LogP contribution is 2.08. The molecule has 0 aliphatic heterocycles. The second kappa shape index (κ2) is 13.2. The summed E-state index contributed by atoms with van der Waals surface area (Å²) >= 11 is 0. The maximum Gasteiger partial charge on any atom is 0.305 e. The van der Waals surface area contributed by atoms with Crippen LogP contribution in [-0.2, 0) is 9.53 Å². The van der Waals surface area contributed by atoms with Gasteiger partial charge in [-0.3, -0.25) is 9.79 Å². The van der Waals surface area contributed by atoms with E-state index in [1.807, 2.05) is 30.3 Å². The Bertz CT molecular complexity index is 478. The zero-order valence-corrected chi connectivity index (χ0v) is 14.7. The van der Waals surface area contributed by atoms with Gasteiger partial charge in [-0.05, 0) is 31.4 Å². The van der Waals surface area contributed by atoms with E-state index in [2.05, 4.69) is 20.4 Å². The normalized spacial score (nSPS) is 11.0. The number of nitrogens with zero attached hydrogens (tertiary/aromatic N) is 1. The van der Waals surface area contributed by atoms with Gasteiger partial charge in [0.15, 0.2) is 5.96 Å². The first-order valence-corrected chi connectivity index (χ1v) is 8.45. The lowest BCUT2D eigenvalue weighted by Crippen LogP contribution is -2.38. The fraction of sp³-hybridized carbons (Fsp3) is 0.556. The first-order chi connectivity index (χ1) is 11.8. The van der Waals surface area contributed by atoms with Gasteiger partial charge in [0.1, 0.15) is 5.75 Å². The molecule has 0 bridgehead atoms. The summed E-state index contributed by atoms with van der Waals surface area (Å²) in [5.74, 6) is 1.55. The van der Waals surface area contributed by atoms with E-state index < -0.39 is 0 Å². The zero-order valence-electron chi connectivity index (χ0n) is 14.7. The van der Waals surface area contributed by atoms with Crippen LogP contribution >= 0.6 is 0 Å². The lowest BCUT2D eigenvalue weighted by atomic mass is 10.2. The highest BCUT2D eigenvalue weighted by molar-refractivity contribution is 5.79. The summed E-state index contributed by atoms with van der Waals surface area (Å²) in [4.78, 5) is 15.2. The zero-order chi connectivity index (χ0) is 17.5. The molecule has 1 rings (SSSR count). The van der Waals surface area contributed by atoms with Crippen molar-refractivity contribution in [3.05, 3.63) is 30.3 Å². The van der Waals surface area contributed by atoms with Crippen LogP contribution in [0.15, 0.2) is 35.3 Å². The third-order valence-corrected chi connectivity index (χ3v) is 3.43. The second-order valence-corrected chi connectivity index (χ2v) is 5.33. The summed E-state index contributed by atoms with van der Waals surface area (Å²) in [6, 6.07) is 9.80. The number of carbonyl (C=O) groups excluding carboxylic acids is 1. The SMILES string of the molecule is CN=C(NCCCCCC(=O)OC)NCCCOc1ccccc1. The minimum atomic E-state index is -0.141. The Balaban J connectivity index is 1.99. The molecule has 0 amide bonds. The van der Waals surface area contributed by atoms with E-state index in [1.165, 1.54) is 7.11 Å². The van der Waals surface area contributed by atoms with E-state index >= 15 is 0 Å². The average Bonchev–Trinajstić information content (AvgIpc) is 2.63. The quantitative estimate of drug-likeness (QED) is 0.281. The monoisotopic (exact) mass is 335 g/mol. The van der Waals surface area contributed by atoms with Crippen LogP contribution in [0.1, 0.15) is 32.1 Å². The third-order valence-electron chi connectivity index (χ3n) is 3.43. The van der Waals surface area contributed by atoms with Crippen LogP contribution < -0.4 is 15.4 Å². The molecule has 0 heterocycles. The Hall–Kier alpha value is -2.24. The van der Waals surface area contributed by atoms with Crippen LogP contribution in [0.3, 0.4) is 0 Å². The molecule has 24 heavy (non-hydrogen) atoms. The van der Waals surface area contributed by atoms with Crippen molar-refractivity contribution in [1.82, 2.24) is 10.6 Å². The number of hydrogen-bond acceptors (Lipinski definition) is 4. The molecule has 134 valence electrons. The molecule has 1 aromatic rings. The number of carbonyl (C=O) groups is 1. The number of hydrogen-bond donors (Lipinski definition) is 2. The summed E-state index contributed by atoms with van der Waals surface area (Å²) in [6.07, 6.45) is 4.23. The maximum absolute atomic E-state index is 11.0. The van der Waals surface area contributed by atoms with E-state index in [0.717, 1.165) is 50.5 Å². The van der Waals surface area contributed by atoms with Gasteiger partial charge >= 0.3 is 5.97 Å². The molecule has 0 saturated heterocycles. The summed E-state index contributed by atoms with van der Waals surface area (Å²) in [5.41, 5.74) is 0. The van der Waals surface area contributed by atoms with Crippen molar-refractivity contribution in [2.24, 2.45) is 4.99 Å². The van der Waals surface area contributed by atoms with Crippen LogP contribution in [0.2, 0.25) is 0 Å². The molecular weight excluding hydrogens is 306 g/mol. The van der Waals surface area contributed by atoms with Crippen molar-refractivity contribution in [1.29, 1.82) is 0 Å². The van der Waals surface area contributed by atoms with Crippen molar-refractivity contribution in [3.63, 3.8) is 0 Å². The highest BCUT2D eigenvalue weighted by atomic mass is 16.5. The summed E-state index contributed by atoms with van der Waals surface area (Å²) in [5, 5.41) is 6.52. The van der Waals surface area contributed by atoms with Gasteiger partial charge in [-0.1, -0.05) is 24.6 Å². The van der Waals surface area contributed by atoms with E-state index in [4.69, 9.17) is 4.74 Å². The Morgan fingerprint density at radius 3 is 2.42 bits per heavy atom. The molecule has 0 aromatic heterocycles. The van der Waals surface area contributed by atoms with Crippen molar-refractivity contribution < 1.29 is 14.3 Å². The van der Waals surface area contributed by atoms with Gasteiger partial charge in [-0.15, -0.1) is 0 Å². The summed E-state index contributed by atoms with van der Waals surface area (Å²) in [7, 11) is 3.18. The van der Waals surface area contributed by atoms with E-state index in [0.29, 0.717) is 13.0 Å². The Morgan fingerprint density at radius 2 is 1.75 bits per heavy atom. The maximum atomic E-state index is 11.0. The number of unbranched alkanes of at least 4 members (excludes halogenated alkanes) is 2. The molecule has 2 N–H and O–H groups in total. The van der Waals surface area contributed by atoms with Gasteiger partial charge in [0.25, 0.3) is 0 Å². The molecule has 0 aliphatic rings. The second-order valence-electron chi connectivity index (χ2n) is 5.33. The number of aliphatic imine (C=N–C) groups is 1. The van der Waals surface area contributed by atoms with Crippen molar-refractivity contribution >= 4 is 11.9 Å². The standard InChI is InChI=1S/C18H29N3O3/c1-19-18(20-13-8-4-7-12-17(22)23-2)21-14-9-15-24-16-10-5-3-6-11-16/h3,5-6,10-11H,4,7-9,12-15H2,1-2H3,(H2,19,20,21). The number of benzene rings is 1. The van der Waals surface area contributed by atoms with E-state index in [1.54, 1.807) is 7.05 Å². The largest absolute Gasteiger partial charge is 0.494 e. The molecule has 0 fully saturated rings. The van der Waals surface area contributed by atoms with Crippen LogP contribution in [0.4, 0.5) is 0 Å². The molecule has 0 atom stereocenters. The summed E-state index contributed by atoms with van der Waals surface area (Å²) < 4.78 is 10.2. The van der Waals surface area contributed by atoms with Gasteiger partial charge in [0.05, 0.1) is 13.7 Å². The van der Waals surface area contributed by atoms with Crippen LogP contribution in [-0.4, -0.2) is 45.8 Å². The van der Waals surface area contributed by atoms with Gasteiger partial charge in [-0.25, -0.2) is 0 Å². The van der Waals surface area contributed by atoms with Gasteiger partial charge in [0.2, 0.25) is 0 Å². The fourth-order valence-electron chi connectivity index (χ4n) is 2.09. The summed E-state index contributed by atoms with van der Waals surface area (Å²) in [6.45, 7) is 2.30. The topological polar surface area (TPSA) is 72.0 Å². The fourth-order valence-corrected chi connectivity index (χ4v) is 2.09. The Kier molecular flexibility index (Phi) is 10.9. The molecule has 6 heteroatoms. The minimum absolute atomic E-state index is 0.141. The smallest absolute Gasteiger partial charge is 0.305 e. The van der Waals surface area contributed by atoms with E-state index in [-0.39, 0.29) is 5.97 Å². The molecule has 0 aliphatic carbocycles. The lowest BCUT2D eigenvalue weighted by molar-refractivity contribution is -0.140. The molecule has 6 nitrogen and oxygen atoms in total. The Morgan fingerprint density at radius 1 is 1.04 bits per heavy atom. The molecule has 0 saturated carbocycles. The molecule has 0 radical (unpaired) electrons. The number of methoxy groups -OCH3 is 1. The van der Waals surface area contributed by atoms with Crippen LogP contribution in [0.5, 0.6) is 5.75 Å². The highest BCUT2D eigenvalue weighted by Gasteiger charge is 2.00. The van der Waals surface area contributed by atoms with Crippen LogP contribution in [0.25, 0.3) is 0 Å². The number of esters is 1. The third kappa shape index (κ3) is 9.71. The molecule has 0 spiro atoms. The van der Waals surface area contributed by atoms with Crippen LogP contribution in [0, 0.1) is 0 Å². The number of rotatable bonds is 11. The Labute approximate surface area is 144 Å². The van der Waals surface area contributed by atoms with Crippen molar-refractivity contribution in [2.45, 2.75) is 32.1 Å². The number of para-hydroxylation sites is 1. The minimum Gasteiger partial charge on any atom is -0.494 e. The first-order valence-electron chi connectivity index (χ1n) is 8.45. The molecule has 1 aromatic carbocycles.